The highest BCUT2D eigenvalue weighted by atomic mass is 79.9. The molecule has 3 aromatic rings. The fraction of sp³-hybridized carbons (Fsp3) is 0.133. The largest absolute Gasteiger partial charge is 0.308 e. The molecule has 5 heteroatoms. The lowest BCUT2D eigenvalue weighted by atomic mass is 10.2. The first-order chi connectivity index (χ1) is 9.84. The molecule has 0 amide bonds. The molecule has 3 rings (SSSR count). The van der Waals surface area contributed by atoms with Crippen LogP contribution in [0.15, 0.2) is 52.4 Å². The van der Waals surface area contributed by atoms with Crippen LogP contribution in [0.2, 0.25) is 0 Å². The minimum Gasteiger partial charge on any atom is -0.308 e. The maximum atomic E-state index is 4.15. The quantitative estimate of drug-likeness (QED) is 0.726. The molecule has 102 valence electrons. The second-order valence-corrected chi connectivity index (χ2v) is 6.24. The van der Waals surface area contributed by atoms with Gasteiger partial charge in [0.1, 0.15) is 0 Å². The normalized spacial score (nSPS) is 10.8. The van der Waals surface area contributed by atoms with E-state index in [1.807, 2.05) is 12.3 Å². The summed E-state index contributed by atoms with van der Waals surface area (Å²) in [5, 5.41) is 12.8. The van der Waals surface area contributed by atoms with Gasteiger partial charge >= 0.3 is 0 Å². The summed E-state index contributed by atoms with van der Waals surface area (Å²) in [6, 6.07) is 12.4. The summed E-state index contributed by atoms with van der Waals surface area (Å²) in [7, 11) is 0. The molecule has 20 heavy (non-hydrogen) atoms. The Morgan fingerprint density at radius 2 is 1.95 bits per heavy atom. The Labute approximate surface area is 130 Å². The zero-order chi connectivity index (χ0) is 13.8. The summed E-state index contributed by atoms with van der Waals surface area (Å²) in [4.78, 5) is 1.22. The molecule has 0 aliphatic carbocycles. The van der Waals surface area contributed by atoms with Crippen LogP contribution in [-0.4, -0.2) is 10.2 Å². The van der Waals surface area contributed by atoms with Gasteiger partial charge in [-0.2, -0.15) is 5.10 Å². The van der Waals surface area contributed by atoms with Gasteiger partial charge in [0.25, 0.3) is 0 Å². The van der Waals surface area contributed by atoms with Gasteiger partial charge in [0, 0.05) is 23.1 Å². The van der Waals surface area contributed by atoms with E-state index in [1.54, 1.807) is 11.3 Å². The number of rotatable bonds is 5. The van der Waals surface area contributed by atoms with E-state index in [9.17, 15) is 0 Å². The van der Waals surface area contributed by atoms with Crippen LogP contribution in [0.25, 0.3) is 10.6 Å². The van der Waals surface area contributed by atoms with Crippen LogP contribution in [0.4, 0.5) is 0 Å². The highest BCUT2D eigenvalue weighted by molar-refractivity contribution is 9.10. The summed E-state index contributed by atoms with van der Waals surface area (Å²) in [6.07, 6.45) is 1.89. The van der Waals surface area contributed by atoms with E-state index in [4.69, 9.17) is 0 Å². The molecule has 0 aliphatic heterocycles. The molecular formula is C15H14BrN3S. The lowest BCUT2D eigenvalue weighted by molar-refractivity contribution is 0.693. The highest BCUT2D eigenvalue weighted by Gasteiger charge is 2.08. The first-order valence-corrected chi connectivity index (χ1v) is 8.02. The molecule has 0 saturated heterocycles. The van der Waals surface area contributed by atoms with Gasteiger partial charge in [0.05, 0.1) is 16.8 Å². The Hall–Kier alpha value is -1.43. The Bertz CT molecular complexity index is 676. The van der Waals surface area contributed by atoms with Crippen LogP contribution >= 0.6 is 27.3 Å². The van der Waals surface area contributed by atoms with Gasteiger partial charge in [-0.1, -0.05) is 40.2 Å². The van der Waals surface area contributed by atoms with Crippen molar-refractivity contribution in [3.8, 4) is 10.6 Å². The second kappa shape index (κ2) is 6.35. The van der Waals surface area contributed by atoms with E-state index in [-0.39, 0.29) is 0 Å². The molecule has 0 spiro atoms. The van der Waals surface area contributed by atoms with Crippen molar-refractivity contribution in [2.45, 2.75) is 13.1 Å². The molecule has 2 N–H and O–H groups in total. The fourth-order valence-corrected chi connectivity index (χ4v) is 3.23. The van der Waals surface area contributed by atoms with Crippen molar-refractivity contribution < 1.29 is 0 Å². The smallest absolute Gasteiger partial charge is 0.0794 e. The molecule has 0 unspecified atom stereocenters. The van der Waals surface area contributed by atoms with Gasteiger partial charge in [0.2, 0.25) is 0 Å². The lowest BCUT2D eigenvalue weighted by Gasteiger charge is -2.06. The van der Waals surface area contributed by atoms with Crippen molar-refractivity contribution >= 4 is 27.3 Å². The van der Waals surface area contributed by atoms with Crippen LogP contribution in [0.1, 0.15) is 11.1 Å². The molecule has 3 nitrogen and oxygen atoms in total. The van der Waals surface area contributed by atoms with Crippen molar-refractivity contribution in [2.75, 3.05) is 0 Å². The summed E-state index contributed by atoms with van der Waals surface area (Å²) in [5.41, 5.74) is 3.56. The lowest BCUT2D eigenvalue weighted by Crippen LogP contribution is -2.13. The number of hydrogen-bond donors (Lipinski definition) is 2. The van der Waals surface area contributed by atoms with Crippen LogP contribution in [-0.2, 0) is 13.1 Å². The number of aromatic amines is 1. The number of hydrogen-bond acceptors (Lipinski definition) is 3. The molecular weight excluding hydrogens is 334 g/mol. The first kappa shape index (κ1) is 13.5. The van der Waals surface area contributed by atoms with Gasteiger partial charge in [-0.15, -0.1) is 11.3 Å². The number of thiophene rings is 1. The van der Waals surface area contributed by atoms with E-state index >= 15 is 0 Å². The monoisotopic (exact) mass is 347 g/mol. The second-order valence-electron chi connectivity index (χ2n) is 4.44. The molecule has 0 radical (unpaired) electrons. The minimum atomic E-state index is 0.797. The third-order valence-electron chi connectivity index (χ3n) is 3.07. The van der Waals surface area contributed by atoms with Crippen molar-refractivity contribution in [3.63, 3.8) is 0 Å². The molecule has 0 fully saturated rings. The number of H-pyrrole nitrogens is 1. The van der Waals surface area contributed by atoms with Crippen LogP contribution in [0.5, 0.6) is 0 Å². The Morgan fingerprint density at radius 1 is 1.10 bits per heavy atom. The van der Waals surface area contributed by atoms with Crippen molar-refractivity contribution in [1.29, 1.82) is 0 Å². The van der Waals surface area contributed by atoms with E-state index in [0.717, 1.165) is 23.3 Å². The molecule has 1 aromatic carbocycles. The number of nitrogens with zero attached hydrogens (tertiary/aromatic N) is 1. The first-order valence-electron chi connectivity index (χ1n) is 6.35. The van der Waals surface area contributed by atoms with Crippen LogP contribution in [0, 0.1) is 0 Å². The predicted octanol–water partition coefficient (Wildman–Crippen LogP) is 4.19. The summed E-state index contributed by atoms with van der Waals surface area (Å²) in [6.45, 7) is 1.63. The fourth-order valence-electron chi connectivity index (χ4n) is 2.05. The summed E-state index contributed by atoms with van der Waals surface area (Å²) in [5.74, 6) is 0. The van der Waals surface area contributed by atoms with E-state index in [1.165, 1.54) is 16.0 Å². The maximum Gasteiger partial charge on any atom is 0.0794 e. The zero-order valence-corrected chi connectivity index (χ0v) is 13.2. The maximum absolute atomic E-state index is 4.15. The molecule has 2 heterocycles. The average molecular weight is 348 g/mol. The van der Waals surface area contributed by atoms with E-state index < -0.39 is 0 Å². The van der Waals surface area contributed by atoms with Gasteiger partial charge in [-0.3, -0.25) is 5.10 Å². The Kier molecular flexibility index (Phi) is 4.30. The van der Waals surface area contributed by atoms with E-state index in [2.05, 4.69) is 67.2 Å². The van der Waals surface area contributed by atoms with Crippen molar-refractivity contribution in [3.05, 3.63) is 63.6 Å². The average Bonchev–Trinajstić information content (AvgIpc) is 3.11. The Morgan fingerprint density at radius 3 is 2.75 bits per heavy atom. The predicted molar refractivity (Wildman–Crippen MR) is 86.6 cm³/mol. The zero-order valence-electron chi connectivity index (χ0n) is 10.8. The summed E-state index contributed by atoms with van der Waals surface area (Å²) < 4.78 is 1.14. The Balaban J connectivity index is 1.65. The summed E-state index contributed by atoms with van der Waals surface area (Å²) >= 11 is 5.28. The molecule has 2 aromatic heterocycles. The molecule has 0 aliphatic rings. The SMILES string of the molecule is Brc1ccccc1CNCc1cn[nH]c1-c1cccs1. The van der Waals surface area contributed by atoms with Crippen LogP contribution in [0.3, 0.4) is 0 Å². The number of nitrogens with one attached hydrogen (secondary N) is 2. The standard InChI is InChI=1S/C15H14BrN3S/c16-13-5-2-1-4-11(13)8-17-9-12-10-18-19-15(12)14-6-3-7-20-14/h1-7,10,17H,8-9H2,(H,18,19). The molecule has 0 saturated carbocycles. The number of aromatic nitrogens is 2. The van der Waals surface area contributed by atoms with E-state index in [0.29, 0.717) is 0 Å². The van der Waals surface area contributed by atoms with Gasteiger partial charge in [-0.25, -0.2) is 0 Å². The van der Waals surface area contributed by atoms with Gasteiger partial charge in [-0.05, 0) is 23.1 Å². The topological polar surface area (TPSA) is 40.7 Å². The number of benzene rings is 1. The minimum absolute atomic E-state index is 0.797. The van der Waals surface area contributed by atoms with Gasteiger partial charge in [0.15, 0.2) is 0 Å². The molecule has 0 atom stereocenters. The number of halogens is 1. The van der Waals surface area contributed by atoms with Crippen LogP contribution < -0.4 is 5.32 Å². The third kappa shape index (κ3) is 3.00. The van der Waals surface area contributed by atoms with Crippen molar-refractivity contribution in [2.24, 2.45) is 0 Å². The molecule has 0 bridgehead atoms. The van der Waals surface area contributed by atoms with Crippen molar-refractivity contribution in [1.82, 2.24) is 15.5 Å². The van der Waals surface area contributed by atoms with Gasteiger partial charge < -0.3 is 5.32 Å². The highest BCUT2D eigenvalue weighted by Crippen LogP contribution is 2.25. The third-order valence-corrected chi connectivity index (χ3v) is 4.74.